The van der Waals surface area contributed by atoms with Gasteiger partial charge in [-0.2, -0.15) is 0 Å². The Labute approximate surface area is 75.9 Å². The van der Waals surface area contributed by atoms with Crippen LogP contribution in [0.4, 0.5) is 0 Å². The predicted molar refractivity (Wildman–Crippen MR) is 45.6 cm³/mol. The Kier molecular flexibility index (Phi) is 3.33. The van der Waals surface area contributed by atoms with Gasteiger partial charge < -0.3 is 10.5 Å². The van der Waals surface area contributed by atoms with Crippen molar-refractivity contribution in [3.63, 3.8) is 0 Å². The van der Waals surface area contributed by atoms with Crippen molar-refractivity contribution in [1.82, 2.24) is 9.97 Å². The monoisotopic (exact) mass is 181 g/mol. The van der Waals surface area contributed by atoms with Gasteiger partial charge in [0.05, 0.1) is 13.5 Å². The zero-order valence-corrected chi connectivity index (χ0v) is 7.30. The lowest BCUT2D eigenvalue weighted by Crippen LogP contribution is -2.16. The van der Waals surface area contributed by atoms with E-state index in [0.29, 0.717) is 0 Å². The second kappa shape index (κ2) is 4.51. The molecule has 1 aromatic rings. The van der Waals surface area contributed by atoms with E-state index in [1.165, 1.54) is 13.4 Å². The number of hydrogen-bond donors (Lipinski definition) is 1. The number of aromatic nitrogens is 2. The molecule has 1 atom stereocenters. The molecular formula is C8H11N3O2. The van der Waals surface area contributed by atoms with Crippen molar-refractivity contribution in [1.29, 1.82) is 0 Å². The molecule has 1 heterocycles. The molecule has 0 saturated heterocycles. The fraction of sp³-hybridized carbons (Fsp3) is 0.375. The Morgan fingerprint density at radius 2 is 2.23 bits per heavy atom. The van der Waals surface area contributed by atoms with Crippen LogP contribution in [0.3, 0.4) is 0 Å². The molecule has 0 aliphatic heterocycles. The molecule has 0 aliphatic carbocycles. The van der Waals surface area contributed by atoms with Gasteiger partial charge in [0, 0.05) is 24.0 Å². The summed E-state index contributed by atoms with van der Waals surface area (Å²) >= 11 is 0. The number of esters is 1. The number of carbonyl (C=O) groups excluding carboxylic acids is 1. The van der Waals surface area contributed by atoms with E-state index < -0.39 is 6.04 Å². The summed E-state index contributed by atoms with van der Waals surface area (Å²) in [5.74, 6) is -0.337. The number of methoxy groups -OCH3 is 1. The first-order valence-corrected chi connectivity index (χ1v) is 3.81. The maximum atomic E-state index is 10.9. The van der Waals surface area contributed by atoms with E-state index in [2.05, 4.69) is 14.7 Å². The second-order valence-corrected chi connectivity index (χ2v) is 2.56. The number of nitrogens with zero attached hydrogens (tertiary/aromatic N) is 2. The van der Waals surface area contributed by atoms with Crippen LogP contribution in [0.2, 0.25) is 0 Å². The largest absolute Gasteiger partial charge is 0.469 e. The molecule has 5 heteroatoms. The zero-order chi connectivity index (χ0) is 9.68. The van der Waals surface area contributed by atoms with Gasteiger partial charge in [0.2, 0.25) is 0 Å². The zero-order valence-electron chi connectivity index (χ0n) is 7.30. The lowest BCUT2D eigenvalue weighted by atomic mass is 10.1. The Balaban J connectivity index is 2.59. The Bertz CT molecular complexity index is 276. The van der Waals surface area contributed by atoms with Crippen LogP contribution in [-0.4, -0.2) is 23.0 Å². The summed E-state index contributed by atoms with van der Waals surface area (Å²) < 4.78 is 4.48. The maximum absolute atomic E-state index is 10.9. The lowest BCUT2D eigenvalue weighted by Gasteiger charge is -2.08. The fourth-order valence-corrected chi connectivity index (χ4v) is 0.883. The second-order valence-electron chi connectivity index (χ2n) is 2.56. The average Bonchev–Trinajstić information content (AvgIpc) is 2.19. The molecule has 70 valence electrons. The van der Waals surface area contributed by atoms with Crippen LogP contribution >= 0.6 is 0 Å². The van der Waals surface area contributed by atoms with Gasteiger partial charge in [-0.1, -0.05) is 0 Å². The van der Waals surface area contributed by atoms with Gasteiger partial charge in [-0.05, 0) is 0 Å². The molecular weight excluding hydrogens is 170 g/mol. The van der Waals surface area contributed by atoms with Crippen molar-refractivity contribution in [2.75, 3.05) is 7.11 Å². The van der Waals surface area contributed by atoms with E-state index in [1.807, 2.05) is 0 Å². The van der Waals surface area contributed by atoms with E-state index in [-0.39, 0.29) is 12.4 Å². The summed E-state index contributed by atoms with van der Waals surface area (Å²) in [6.07, 6.45) is 4.72. The highest BCUT2D eigenvalue weighted by molar-refractivity contribution is 5.70. The van der Waals surface area contributed by atoms with Gasteiger partial charge in [0.25, 0.3) is 0 Å². The molecule has 2 N–H and O–H groups in total. The minimum atomic E-state index is -0.395. The van der Waals surface area contributed by atoms with Crippen LogP contribution in [0.1, 0.15) is 18.0 Å². The van der Waals surface area contributed by atoms with Gasteiger partial charge in [0.1, 0.15) is 6.33 Å². The SMILES string of the molecule is COC(=O)C[C@@H](N)c1cncnc1. The van der Waals surface area contributed by atoms with Crippen LogP contribution in [-0.2, 0) is 9.53 Å². The number of hydrogen-bond acceptors (Lipinski definition) is 5. The summed E-state index contributed by atoms with van der Waals surface area (Å²) in [5.41, 5.74) is 6.42. The standard InChI is InChI=1S/C8H11N3O2/c1-13-8(12)2-7(9)6-3-10-5-11-4-6/h3-5,7H,2,9H2,1H3/t7-/m1/s1. The summed E-state index contributed by atoms with van der Waals surface area (Å²) in [6.45, 7) is 0. The van der Waals surface area contributed by atoms with Gasteiger partial charge in [-0.25, -0.2) is 9.97 Å². The Morgan fingerprint density at radius 1 is 1.62 bits per heavy atom. The van der Waals surface area contributed by atoms with Crippen molar-refractivity contribution < 1.29 is 9.53 Å². The highest BCUT2D eigenvalue weighted by Crippen LogP contribution is 2.11. The molecule has 0 radical (unpaired) electrons. The molecule has 0 bridgehead atoms. The van der Waals surface area contributed by atoms with Gasteiger partial charge >= 0.3 is 5.97 Å². The molecule has 0 spiro atoms. The molecule has 0 amide bonds. The van der Waals surface area contributed by atoms with Crippen LogP contribution in [0, 0.1) is 0 Å². The summed E-state index contributed by atoms with van der Waals surface area (Å²) in [4.78, 5) is 18.4. The van der Waals surface area contributed by atoms with Crippen molar-refractivity contribution in [2.45, 2.75) is 12.5 Å². The minimum Gasteiger partial charge on any atom is -0.469 e. The van der Waals surface area contributed by atoms with E-state index in [9.17, 15) is 4.79 Å². The summed E-state index contributed by atoms with van der Waals surface area (Å²) in [5, 5.41) is 0. The quantitative estimate of drug-likeness (QED) is 0.666. The predicted octanol–water partition coefficient (Wildman–Crippen LogP) is 0.0395. The third-order valence-electron chi connectivity index (χ3n) is 1.62. The van der Waals surface area contributed by atoms with Crippen LogP contribution < -0.4 is 5.73 Å². The topological polar surface area (TPSA) is 78.1 Å². The molecule has 0 fully saturated rings. The molecule has 13 heavy (non-hydrogen) atoms. The van der Waals surface area contributed by atoms with Crippen LogP contribution in [0.15, 0.2) is 18.7 Å². The van der Waals surface area contributed by atoms with E-state index in [4.69, 9.17) is 5.73 Å². The number of carbonyl (C=O) groups is 1. The summed E-state index contributed by atoms with van der Waals surface area (Å²) in [6, 6.07) is -0.395. The third-order valence-corrected chi connectivity index (χ3v) is 1.62. The molecule has 1 aromatic heterocycles. The third kappa shape index (κ3) is 2.79. The Hall–Kier alpha value is -1.49. The van der Waals surface area contributed by atoms with E-state index in [0.717, 1.165) is 5.56 Å². The van der Waals surface area contributed by atoms with Gasteiger partial charge in [-0.3, -0.25) is 4.79 Å². The highest BCUT2D eigenvalue weighted by Gasteiger charge is 2.11. The first kappa shape index (κ1) is 9.60. The maximum Gasteiger partial charge on any atom is 0.307 e. The molecule has 0 saturated carbocycles. The van der Waals surface area contributed by atoms with Crippen LogP contribution in [0.5, 0.6) is 0 Å². The molecule has 0 unspecified atom stereocenters. The van der Waals surface area contributed by atoms with Crippen molar-refractivity contribution in [2.24, 2.45) is 5.73 Å². The average molecular weight is 181 g/mol. The van der Waals surface area contributed by atoms with Crippen molar-refractivity contribution in [3.05, 3.63) is 24.3 Å². The molecule has 5 nitrogen and oxygen atoms in total. The molecule has 1 rings (SSSR count). The molecule has 0 aliphatic rings. The van der Waals surface area contributed by atoms with Crippen molar-refractivity contribution in [3.8, 4) is 0 Å². The van der Waals surface area contributed by atoms with E-state index in [1.54, 1.807) is 12.4 Å². The normalized spacial score (nSPS) is 12.2. The molecule has 0 aromatic carbocycles. The first-order valence-electron chi connectivity index (χ1n) is 3.81. The Morgan fingerprint density at radius 3 is 2.77 bits per heavy atom. The van der Waals surface area contributed by atoms with Crippen LogP contribution in [0.25, 0.3) is 0 Å². The smallest absolute Gasteiger partial charge is 0.307 e. The fourth-order valence-electron chi connectivity index (χ4n) is 0.883. The first-order chi connectivity index (χ1) is 6.24. The van der Waals surface area contributed by atoms with Gasteiger partial charge in [-0.15, -0.1) is 0 Å². The summed E-state index contributed by atoms with van der Waals surface area (Å²) in [7, 11) is 1.33. The van der Waals surface area contributed by atoms with E-state index >= 15 is 0 Å². The van der Waals surface area contributed by atoms with Crippen molar-refractivity contribution >= 4 is 5.97 Å². The number of rotatable bonds is 3. The van der Waals surface area contributed by atoms with Gasteiger partial charge in [0.15, 0.2) is 0 Å². The minimum absolute atomic E-state index is 0.143. The number of nitrogens with two attached hydrogens (primary N) is 1. The highest BCUT2D eigenvalue weighted by atomic mass is 16.5. The number of ether oxygens (including phenoxy) is 1. The lowest BCUT2D eigenvalue weighted by molar-refractivity contribution is -0.141.